The largest absolute Gasteiger partial charge is 0.333 e. The van der Waals surface area contributed by atoms with Gasteiger partial charge in [0.15, 0.2) is 4.80 Å². The number of hydrogen-bond acceptors (Lipinski definition) is 5. The van der Waals surface area contributed by atoms with Crippen molar-refractivity contribution in [1.82, 2.24) is 4.57 Å². The Morgan fingerprint density at radius 1 is 1.26 bits per heavy atom. The second-order valence-corrected chi connectivity index (χ2v) is 7.09. The van der Waals surface area contributed by atoms with Crippen LogP contribution in [0.1, 0.15) is 4.88 Å². The number of thiazole rings is 1. The summed E-state index contributed by atoms with van der Waals surface area (Å²) in [5.74, 6) is -0.294. The summed E-state index contributed by atoms with van der Waals surface area (Å²) in [5, 5.41) is 1.98. The molecule has 4 rings (SSSR count). The number of rotatable bonds is 2. The van der Waals surface area contributed by atoms with E-state index >= 15 is 0 Å². The maximum Gasteiger partial charge on any atom is 0.271 e. The summed E-state index contributed by atoms with van der Waals surface area (Å²) < 4.78 is 15.7. The van der Waals surface area contributed by atoms with Gasteiger partial charge in [-0.3, -0.25) is 9.36 Å². The Bertz CT molecular complexity index is 1020. The molecule has 2 aromatic heterocycles. The van der Waals surface area contributed by atoms with Crippen LogP contribution in [0.15, 0.2) is 51.6 Å². The zero-order valence-electron chi connectivity index (χ0n) is 12.0. The molecule has 0 N–H and O–H groups in total. The van der Waals surface area contributed by atoms with E-state index in [9.17, 15) is 9.18 Å². The first-order valence-electron chi connectivity index (χ1n) is 7.00. The van der Waals surface area contributed by atoms with Crippen molar-refractivity contribution in [2.45, 2.75) is 6.67 Å². The quantitative estimate of drug-likeness (QED) is 0.712. The van der Waals surface area contributed by atoms with E-state index in [0.717, 1.165) is 10.6 Å². The fraction of sp³-hybridized carbons (Fsp3) is 0.125. The van der Waals surface area contributed by atoms with Crippen molar-refractivity contribution >= 4 is 34.4 Å². The number of benzene rings is 1. The Hall–Kier alpha value is -2.25. The fourth-order valence-corrected chi connectivity index (χ4v) is 4.14. The predicted octanol–water partition coefficient (Wildman–Crippen LogP) is 1.99. The lowest BCUT2D eigenvalue weighted by molar-refractivity contribution is 0.565. The van der Waals surface area contributed by atoms with Gasteiger partial charge in [-0.15, -0.1) is 11.3 Å². The maximum atomic E-state index is 13.4. The SMILES string of the molecule is O=c1c(=Cc2cccs2)sc2n1CN(c1cccc(F)c1)CN=2. The highest BCUT2D eigenvalue weighted by atomic mass is 32.1. The molecule has 0 amide bonds. The third-order valence-corrected chi connectivity index (χ3v) is 5.43. The van der Waals surface area contributed by atoms with Gasteiger partial charge in [-0.1, -0.05) is 23.5 Å². The first-order chi connectivity index (χ1) is 11.2. The number of anilines is 1. The third-order valence-electron chi connectivity index (χ3n) is 3.57. The minimum absolute atomic E-state index is 0.0525. The number of thiophene rings is 1. The monoisotopic (exact) mass is 345 g/mol. The van der Waals surface area contributed by atoms with E-state index in [1.54, 1.807) is 22.0 Å². The molecule has 3 aromatic rings. The lowest BCUT2D eigenvalue weighted by Gasteiger charge is -2.25. The molecule has 1 aliphatic rings. The van der Waals surface area contributed by atoms with Crippen LogP contribution in [0.3, 0.4) is 0 Å². The molecular weight excluding hydrogens is 333 g/mol. The summed E-state index contributed by atoms with van der Waals surface area (Å²) in [5.41, 5.74) is 0.671. The smallest absolute Gasteiger partial charge is 0.271 e. The van der Waals surface area contributed by atoms with E-state index in [1.807, 2.05) is 34.6 Å². The Labute approximate surface area is 139 Å². The second kappa shape index (κ2) is 5.75. The van der Waals surface area contributed by atoms with Gasteiger partial charge < -0.3 is 4.90 Å². The van der Waals surface area contributed by atoms with Crippen LogP contribution in [-0.4, -0.2) is 11.2 Å². The van der Waals surface area contributed by atoms with Gasteiger partial charge in [0.1, 0.15) is 19.2 Å². The molecule has 116 valence electrons. The second-order valence-electron chi connectivity index (χ2n) is 5.10. The lowest BCUT2D eigenvalue weighted by Crippen LogP contribution is -2.42. The van der Waals surface area contributed by atoms with E-state index < -0.39 is 0 Å². The summed E-state index contributed by atoms with van der Waals surface area (Å²) in [6.45, 7) is 0.803. The molecule has 3 heterocycles. The van der Waals surface area contributed by atoms with Gasteiger partial charge in [-0.05, 0) is 35.7 Å². The van der Waals surface area contributed by atoms with Crippen molar-refractivity contribution in [2.24, 2.45) is 4.99 Å². The van der Waals surface area contributed by atoms with Crippen LogP contribution in [0.5, 0.6) is 0 Å². The van der Waals surface area contributed by atoms with Crippen LogP contribution in [0.25, 0.3) is 6.08 Å². The van der Waals surface area contributed by atoms with E-state index in [4.69, 9.17) is 0 Å². The third kappa shape index (κ3) is 2.73. The molecule has 0 unspecified atom stereocenters. The molecule has 7 heteroatoms. The molecular formula is C16H12FN3OS2. The zero-order valence-corrected chi connectivity index (χ0v) is 13.6. The number of nitrogens with zero attached hydrogens (tertiary/aromatic N) is 3. The van der Waals surface area contributed by atoms with Crippen LogP contribution in [-0.2, 0) is 6.67 Å². The maximum absolute atomic E-state index is 13.4. The van der Waals surface area contributed by atoms with E-state index in [0.29, 0.717) is 22.7 Å². The summed E-state index contributed by atoms with van der Waals surface area (Å²) in [6, 6.07) is 10.3. The van der Waals surface area contributed by atoms with Gasteiger partial charge in [0, 0.05) is 10.6 Å². The fourth-order valence-electron chi connectivity index (χ4n) is 2.45. The molecule has 0 saturated heterocycles. The van der Waals surface area contributed by atoms with Gasteiger partial charge in [0.25, 0.3) is 5.56 Å². The van der Waals surface area contributed by atoms with Crippen molar-refractivity contribution < 1.29 is 4.39 Å². The van der Waals surface area contributed by atoms with Crippen molar-refractivity contribution in [3.63, 3.8) is 0 Å². The van der Waals surface area contributed by atoms with Crippen molar-refractivity contribution in [1.29, 1.82) is 0 Å². The zero-order chi connectivity index (χ0) is 15.8. The number of halogens is 1. The van der Waals surface area contributed by atoms with Gasteiger partial charge in [-0.25, -0.2) is 9.38 Å². The highest BCUT2D eigenvalue weighted by Crippen LogP contribution is 2.16. The summed E-state index contributed by atoms with van der Waals surface area (Å²) in [7, 11) is 0. The van der Waals surface area contributed by atoms with Gasteiger partial charge in [0.05, 0.1) is 4.53 Å². The standard InChI is InChI=1S/C16H12FN3OS2/c17-11-3-1-4-12(7-11)19-9-18-16-20(10-19)15(21)14(23-16)8-13-5-2-6-22-13/h1-8H,9-10H2. The minimum Gasteiger partial charge on any atom is -0.333 e. The first-order valence-corrected chi connectivity index (χ1v) is 8.70. The normalized spacial score (nSPS) is 14.7. The minimum atomic E-state index is -0.294. The molecule has 0 aliphatic carbocycles. The average Bonchev–Trinajstić information content (AvgIpc) is 3.17. The molecule has 0 saturated carbocycles. The lowest BCUT2D eigenvalue weighted by atomic mass is 10.3. The van der Waals surface area contributed by atoms with Crippen LogP contribution in [0.2, 0.25) is 0 Å². The van der Waals surface area contributed by atoms with Crippen molar-refractivity contribution in [3.05, 3.63) is 72.2 Å². The Balaban J connectivity index is 1.74. The molecule has 1 aromatic carbocycles. The average molecular weight is 345 g/mol. The number of aromatic nitrogens is 1. The summed E-state index contributed by atoms with van der Waals surface area (Å²) >= 11 is 2.99. The van der Waals surface area contributed by atoms with Crippen LogP contribution >= 0.6 is 22.7 Å². The Kier molecular flexibility index (Phi) is 3.59. The summed E-state index contributed by atoms with van der Waals surface area (Å²) in [4.78, 5) is 20.7. The molecule has 4 nitrogen and oxygen atoms in total. The van der Waals surface area contributed by atoms with E-state index in [-0.39, 0.29) is 11.4 Å². The molecule has 1 aliphatic heterocycles. The van der Waals surface area contributed by atoms with E-state index in [2.05, 4.69) is 4.99 Å². The van der Waals surface area contributed by atoms with E-state index in [1.165, 1.54) is 23.5 Å². The first kappa shape index (κ1) is 14.3. The predicted molar refractivity (Wildman–Crippen MR) is 91.0 cm³/mol. The van der Waals surface area contributed by atoms with Crippen LogP contribution < -0.4 is 19.8 Å². The van der Waals surface area contributed by atoms with Gasteiger partial charge >= 0.3 is 0 Å². The van der Waals surface area contributed by atoms with Crippen LogP contribution in [0, 0.1) is 5.82 Å². The molecule has 0 bridgehead atoms. The Morgan fingerprint density at radius 2 is 2.17 bits per heavy atom. The highest BCUT2D eigenvalue weighted by Gasteiger charge is 2.16. The Morgan fingerprint density at radius 3 is 2.96 bits per heavy atom. The van der Waals surface area contributed by atoms with Crippen LogP contribution in [0.4, 0.5) is 10.1 Å². The van der Waals surface area contributed by atoms with Gasteiger partial charge in [-0.2, -0.15) is 0 Å². The molecule has 23 heavy (non-hydrogen) atoms. The molecule has 0 atom stereocenters. The molecule has 0 fully saturated rings. The van der Waals surface area contributed by atoms with Gasteiger partial charge in [0.2, 0.25) is 0 Å². The van der Waals surface area contributed by atoms with Crippen molar-refractivity contribution in [2.75, 3.05) is 11.6 Å². The number of hydrogen-bond donors (Lipinski definition) is 0. The summed E-state index contributed by atoms with van der Waals surface area (Å²) in [6.07, 6.45) is 1.89. The highest BCUT2D eigenvalue weighted by molar-refractivity contribution is 7.11. The molecule has 0 radical (unpaired) electrons. The van der Waals surface area contributed by atoms with Crippen molar-refractivity contribution in [3.8, 4) is 0 Å². The number of fused-ring (bicyclic) bond motifs is 1. The molecule has 0 spiro atoms. The topological polar surface area (TPSA) is 37.6 Å².